The summed E-state index contributed by atoms with van der Waals surface area (Å²) in [5.41, 5.74) is 0. The molecular weight excluding hydrogens is 214 g/mol. The van der Waals surface area contributed by atoms with Crippen LogP contribution in [-0.4, -0.2) is 28.8 Å². The summed E-state index contributed by atoms with van der Waals surface area (Å²) < 4.78 is 7.50. The lowest BCUT2D eigenvalue weighted by molar-refractivity contribution is 0.142. The average molecular weight is 239 g/mol. The number of anilines is 1. The third kappa shape index (κ3) is 5.22. The van der Waals surface area contributed by atoms with Gasteiger partial charge in [-0.25, -0.2) is 4.98 Å². The zero-order valence-corrected chi connectivity index (χ0v) is 11.3. The molecule has 1 rings (SSSR count). The van der Waals surface area contributed by atoms with Gasteiger partial charge in [-0.05, 0) is 26.7 Å². The van der Waals surface area contributed by atoms with Gasteiger partial charge in [-0.1, -0.05) is 13.3 Å². The van der Waals surface area contributed by atoms with Crippen LogP contribution in [0.2, 0.25) is 0 Å². The summed E-state index contributed by atoms with van der Waals surface area (Å²) in [7, 11) is 0. The van der Waals surface area contributed by atoms with Crippen LogP contribution < -0.4 is 5.32 Å². The molecule has 0 bridgehead atoms. The van der Waals surface area contributed by atoms with Crippen LogP contribution in [0.4, 0.5) is 5.95 Å². The highest BCUT2D eigenvalue weighted by Crippen LogP contribution is 2.09. The summed E-state index contributed by atoms with van der Waals surface area (Å²) in [6.45, 7) is 8.99. The zero-order chi connectivity index (χ0) is 12.5. The second-order valence-corrected chi connectivity index (χ2v) is 4.33. The van der Waals surface area contributed by atoms with E-state index in [1.165, 1.54) is 12.8 Å². The molecule has 4 heteroatoms. The van der Waals surface area contributed by atoms with E-state index >= 15 is 0 Å². The molecule has 98 valence electrons. The first-order valence-corrected chi connectivity index (χ1v) is 6.63. The molecule has 0 amide bonds. The van der Waals surface area contributed by atoms with Gasteiger partial charge in [0.15, 0.2) is 0 Å². The molecule has 0 aliphatic rings. The van der Waals surface area contributed by atoms with Crippen molar-refractivity contribution < 1.29 is 4.74 Å². The van der Waals surface area contributed by atoms with Crippen LogP contribution in [-0.2, 0) is 11.3 Å². The van der Waals surface area contributed by atoms with Gasteiger partial charge < -0.3 is 14.6 Å². The SMILES string of the molecule is CCCC(C)Nc1nccn1CCCOCC. The van der Waals surface area contributed by atoms with Crippen molar-refractivity contribution in [2.24, 2.45) is 0 Å². The second kappa shape index (κ2) is 8.12. The molecule has 4 nitrogen and oxygen atoms in total. The number of aromatic nitrogens is 2. The second-order valence-electron chi connectivity index (χ2n) is 4.33. The molecule has 0 saturated carbocycles. The Kier molecular flexibility index (Phi) is 6.70. The van der Waals surface area contributed by atoms with Crippen molar-refractivity contribution in [1.82, 2.24) is 9.55 Å². The summed E-state index contributed by atoms with van der Waals surface area (Å²) in [4.78, 5) is 4.35. The van der Waals surface area contributed by atoms with E-state index in [0.29, 0.717) is 6.04 Å². The standard InChI is InChI=1S/C13H25N3O/c1-4-7-12(3)15-13-14-8-10-16(13)9-6-11-17-5-2/h8,10,12H,4-7,9,11H2,1-3H3,(H,14,15). The van der Waals surface area contributed by atoms with Crippen LogP contribution in [0.1, 0.15) is 40.0 Å². The molecule has 0 saturated heterocycles. The molecular formula is C13H25N3O. The van der Waals surface area contributed by atoms with Gasteiger partial charge in [0.2, 0.25) is 5.95 Å². The van der Waals surface area contributed by atoms with E-state index < -0.39 is 0 Å². The minimum absolute atomic E-state index is 0.480. The summed E-state index contributed by atoms with van der Waals surface area (Å²) in [5, 5.41) is 3.44. The molecule has 0 spiro atoms. The Hall–Kier alpha value is -1.03. The number of aryl methyl sites for hydroxylation is 1. The van der Waals surface area contributed by atoms with Crippen molar-refractivity contribution >= 4 is 5.95 Å². The maximum atomic E-state index is 5.34. The van der Waals surface area contributed by atoms with E-state index in [2.05, 4.69) is 28.7 Å². The Balaban J connectivity index is 2.37. The molecule has 1 heterocycles. The van der Waals surface area contributed by atoms with Crippen molar-refractivity contribution in [3.05, 3.63) is 12.4 Å². The fraction of sp³-hybridized carbons (Fsp3) is 0.769. The van der Waals surface area contributed by atoms with Crippen molar-refractivity contribution in [1.29, 1.82) is 0 Å². The highest BCUT2D eigenvalue weighted by Gasteiger charge is 2.05. The molecule has 1 unspecified atom stereocenters. The van der Waals surface area contributed by atoms with Gasteiger partial charge in [0.1, 0.15) is 0 Å². The van der Waals surface area contributed by atoms with Crippen LogP contribution in [0.25, 0.3) is 0 Å². The Morgan fingerprint density at radius 1 is 1.47 bits per heavy atom. The topological polar surface area (TPSA) is 39.1 Å². The Bertz CT molecular complexity index is 299. The van der Waals surface area contributed by atoms with Crippen LogP contribution in [0.15, 0.2) is 12.4 Å². The van der Waals surface area contributed by atoms with Crippen molar-refractivity contribution in [2.45, 2.75) is 52.6 Å². The lowest BCUT2D eigenvalue weighted by Crippen LogP contribution is -2.18. The van der Waals surface area contributed by atoms with Crippen molar-refractivity contribution in [3.8, 4) is 0 Å². The number of hydrogen-bond donors (Lipinski definition) is 1. The maximum Gasteiger partial charge on any atom is 0.202 e. The van der Waals surface area contributed by atoms with Gasteiger partial charge in [0.05, 0.1) is 0 Å². The van der Waals surface area contributed by atoms with E-state index in [4.69, 9.17) is 4.74 Å². The predicted molar refractivity (Wildman–Crippen MR) is 71.3 cm³/mol. The monoisotopic (exact) mass is 239 g/mol. The van der Waals surface area contributed by atoms with Gasteiger partial charge in [-0.3, -0.25) is 0 Å². The molecule has 0 aromatic carbocycles. The molecule has 1 aromatic rings. The van der Waals surface area contributed by atoms with Crippen LogP contribution >= 0.6 is 0 Å². The molecule has 1 atom stereocenters. The highest BCUT2D eigenvalue weighted by molar-refractivity contribution is 5.27. The quantitative estimate of drug-likeness (QED) is 0.673. The summed E-state index contributed by atoms with van der Waals surface area (Å²) in [5.74, 6) is 0.974. The van der Waals surface area contributed by atoms with Crippen molar-refractivity contribution in [2.75, 3.05) is 18.5 Å². The van der Waals surface area contributed by atoms with Crippen molar-refractivity contribution in [3.63, 3.8) is 0 Å². The number of rotatable bonds is 9. The van der Waals surface area contributed by atoms with E-state index in [-0.39, 0.29) is 0 Å². The Morgan fingerprint density at radius 2 is 2.29 bits per heavy atom. The smallest absolute Gasteiger partial charge is 0.202 e. The van der Waals surface area contributed by atoms with E-state index in [1.807, 2.05) is 19.3 Å². The Morgan fingerprint density at radius 3 is 3.00 bits per heavy atom. The fourth-order valence-corrected chi connectivity index (χ4v) is 1.84. The summed E-state index contributed by atoms with van der Waals surface area (Å²) in [6, 6.07) is 0.480. The first kappa shape index (κ1) is 14.0. The number of imidazole rings is 1. The van der Waals surface area contributed by atoms with Crippen LogP contribution in [0, 0.1) is 0 Å². The van der Waals surface area contributed by atoms with Gasteiger partial charge in [-0.15, -0.1) is 0 Å². The molecule has 0 radical (unpaired) electrons. The number of nitrogens with zero attached hydrogens (tertiary/aromatic N) is 2. The molecule has 1 aromatic heterocycles. The van der Waals surface area contributed by atoms with Crippen LogP contribution in [0.3, 0.4) is 0 Å². The van der Waals surface area contributed by atoms with E-state index in [1.54, 1.807) is 0 Å². The third-order valence-electron chi connectivity index (χ3n) is 2.70. The molecule has 17 heavy (non-hydrogen) atoms. The third-order valence-corrected chi connectivity index (χ3v) is 2.70. The minimum atomic E-state index is 0.480. The highest BCUT2D eigenvalue weighted by atomic mass is 16.5. The summed E-state index contributed by atoms with van der Waals surface area (Å²) in [6.07, 6.45) is 7.26. The maximum absolute atomic E-state index is 5.34. The minimum Gasteiger partial charge on any atom is -0.382 e. The lowest BCUT2D eigenvalue weighted by atomic mass is 10.2. The number of nitrogens with one attached hydrogen (secondary N) is 1. The lowest BCUT2D eigenvalue weighted by Gasteiger charge is -2.15. The zero-order valence-electron chi connectivity index (χ0n) is 11.3. The normalized spacial score (nSPS) is 12.6. The summed E-state index contributed by atoms with van der Waals surface area (Å²) >= 11 is 0. The number of ether oxygens (including phenoxy) is 1. The molecule has 0 fully saturated rings. The van der Waals surface area contributed by atoms with Gasteiger partial charge >= 0.3 is 0 Å². The fourth-order valence-electron chi connectivity index (χ4n) is 1.84. The molecule has 0 aliphatic carbocycles. The largest absolute Gasteiger partial charge is 0.382 e. The predicted octanol–water partition coefficient (Wildman–Crippen LogP) is 2.91. The average Bonchev–Trinajstić information content (AvgIpc) is 2.72. The van der Waals surface area contributed by atoms with E-state index in [0.717, 1.165) is 32.1 Å². The molecule has 1 N–H and O–H groups in total. The van der Waals surface area contributed by atoms with Gasteiger partial charge in [0.25, 0.3) is 0 Å². The van der Waals surface area contributed by atoms with Crippen LogP contribution in [0.5, 0.6) is 0 Å². The first-order valence-electron chi connectivity index (χ1n) is 6.63. The van der Waals surface area contributed by atoms with Gasteiger partial charge in [0, 0.05) is 38.2 Å². The molecule has 0 aliphatic heterocycles. The number of hydrogen-bond acceptors (Lipinski definition) is 3. The van der Waals surface area contributed by atoms with E-state index in [9.17, 15) is 0 Å². The van der Waals surface area contributed by atoms with Gasteiger partial charge in [-0.2, -0.15) is 0 Å². The Labute approximate surface area is 104 Å². The first-order chi connectivity index (χ1) is 8.27.